The molecule has 16 heavy (non-hydrogen) atoms. The summed E-state index contributed by atoms with van der Waals surface area (Å²) in [5.41, 5.74) is 6.23. The van der Waals surface area contributed by atoms with Crippen molar-refractivity contribution in [3.63, 3.8) is 0 Å². The molecule has 0 spiro atoms. The molecule has 0 aromatic heterocycles. The molecule has 0 saturated carbocycles. The predicted octanol–water partition coefficient (Wildman–Crippen LogP) is 2.81. The van der Waals surface area contributed by atoms with E-state index < -0.39 is 0 Å². The maximum atomic E-state index is 5.75. The zero-order valence-corrected chi connectivity index (χ0v) is 12.0. The van der Waals surface area contributed by atoms with Gasteiger partial charge in [0.25, 0.3) is 0 Å². The molecule has 2 nitrogen and oxygen atoms in total. The Morgan fingerprint density at radius 2 is 2.06 bits per heavy atom. The van der Waals surface area contributed by atoms with E-state index >= 15 is 0 Å². The van der Waals surface area contributed by atoms with Gasteiger partial charge in [-0.2, -0.15) is 0 Å². The SMILES string of the molecule is CC1(C)CCCN(CCC(C)(C)C(N)=S)C1. The number of nitrogens with zero attached hydrogens (tertiary/aromatic N) is 1. The molecule has 0 aliphatic carbocycles. The second-order valence-corrected chi connectivity index (χ2v) is 6.98. The summed E-state index contributed by atoms with van der Waals surface area (Å²) in [6.45, 7) is 12.6. The lowest BCUT2D eigenvalue weighted by Crippen LogP contribution is -2.42. The van der Waals surface area contributed by atoms with Crippen LogP contribution in [0.1, 0.15) is 47.0 Å². The summed E-state index contributed by atoms with van der Waals surface area (Å²) in [5.74, 6) is 0. The third kappa shape index (κ3) is 4.02. The molecule has 1 fully saturated rings. The average Bonchev–Trinajstić information content (AvgIpc) is 2.13. The Kier molecular flexibility index (Phi) is 4.35. The molecule has 1 aliphatic rings. The van der Waals surface area contributed by atoms with Crippen molar-refractivity contribution in [3.8, 4) is 0 Å². The van der Waals surface area contributed by atoms with Gasteiger partial charge in [-0.25, -0.2) is 0 Å². The molecule has 1 aliphatic heterocycles. The van der Waals surface area contributed by atoms with Crippen LogP contribution in [0, 0.1) is 10.8 Å². The van der Waals surface area contributed by atoms with Gasteiger partial charge >= 0.3 is 0 Å². The number of thiocarbonyl (C=S) groups is 1. The molecule has 0 atom stereocenters. The van der Waals surface area contributed by atoms with E-state index in [-0.39, 0.29) is 5.41 Å². The molecule has 94 valence electrons. The summed E-state index contributed by atoms with van der Waals surface area (Å²) in [5, 5.41) is 0. The third-order valence-corrected chi connectivity index (χ3v) is 4.25. The number of hydrogen-bond acceptors (Lipinski definition) is 2. The molecular formula is C13H26N2S. The molecule has 0 aromatic rings. The van der Waals surface area contributed by atoms with Gasteiger partial charge in [0.2, 0.25) is 0 Å². The van der Waals surface area contributed by atoms with Gasteiger partial charge in [-0.05, 0) is 37.8 Å². The lowest BCUT2D eigenvalue weighted by atomic mass is 9.83. The zero-order chi connectivity index (χ0) is 12.4. The highest BCUT2D eigenvalue weighted by Gasteiger charge is 2.28. The van der Waals surface area contributed by atoms with Crippen molar-refractivity contribution in [2.45, 2.75) is 47.0 Å². The van der Waals surface area contributed by atoms with Gasteiger partial charge in [0, 0.05) is 12.0 Å². The van der Waals surface area contributed by atoms with E-state index in [9.17, 15) is 0 Å². The van der Waals surface area contributed by atoms with Gasteiger partial charge in [-0.1, -0.05) is 39.9 Å². The van der Waals surface area contributed by atoms with E-state index in [0.29, 0.717) is 10.4 Å². The molecule has 1 rings (SSSR count). The number of rotatable bonds is 4. The van der Waals surface area contributed by atoms with Gasteiger partial charge in [0.05, 0.1) is 4.99 Å². The quantitative estimate of drug-likeness (QED) is 0.769. The first-order valence-electron chi connectivity index (χ1n) is 6.25. The summed E-state index contributed by atoms with van der Waals surface area (Å²) in [4.78, 5) is 3.20. The van der Waals surface area contributed by atoms with Gasteiger partial charge < -0.3 is 10.6 Å². The molecule has 0 aromatic carbocycles. The van der Waals surface area contributed by atoms with Gasteiger partial charge in [0.1, 0.15) is 0 Å². The van der Waals surface area contributed by atoms with E-state index in [2.05, 4.69) is 32.6 Å². The fourth-order valence-electron chi connectivity index (χ4n) is 2.30. The maximum absolute atomic E-state index is 5.75. The van der Waals surface area contributed by atoms with E-state index in [1.807, 2.05) is 0 Å². The average molecular weight is 242 g/mol. The van der Waals surface area contributed by atoms with Crippen molar-refractivity contribution in [3.05, 3.63) is 0 Å². The fourth-order valence-corrected chi connectivity index (χ4v) is 2.40. The Balaban J connectivity index is 2.41. The third-order valence-electron chi connectivity index (χ3n) is 3.70. The standard InChI is InChI=1S/C13H26N2S/c1-12(2)6-5-8-15(10-12)9-7-13(3,4)11(14)16/h5-10H2,1-4H3,(H2,14,16). The Morgan fingerprint density at radius 1 is 1.44 bits per heavy atom. The minimum absolute atomic E-state index is 0.00305. The lowest BCUT2D eigenvalue weighted by Gasteiger charge is -2.39. The van der Waals surface area contributed by atoms with Crippen molar-refractivity contribution in [2.24, 2.45) is 16.6 Å². The van der Waals surface area contributed by atoms with Crippen LogP contribution in [-0.4, -0.2) is 29.5 Å². The molecule has 3 heteroatoms. The maximum Gasteiger partial charge on any atom is 0.0784 e. The second kappa shape index (κ2) is 5.01. The zero-order valence-electron chi connectivity index (χ0n) is 11.2. The molecule has 1 saturated heterocycles. The van der Waals surface area contributed by atoms with Crippen LogP contribution in [0.2, 0.25) is 0 Å². The molecular weight excluding hydrogens is 216 g/mol. The highest BCUT2D eigenvalue weighted by atomic mass is 32.1. The smallest absolute Gasteiger partial charge is 0.0784 e. The molecule has 1 heterocycles. The Labute approximate surface area is 106 Å². The first kappa shape index (κ1) is 13.9. The van der Waals surface area contributed by atoms with E-state index in [0.717, 1.165) is 13.0 Å². The summed E-state index contributed by atoms with van der Waals surface area (Å²) in [6, 6.07) is 0. The van der Waals surface area contributed by atoms with Crippen LogP contribution in [0.5, 0.6) is 0 Å². The largest absolute Gasteiger partial charge is 0.393 e. The normalized spacial score (nSPS) is 22.0. The van der Waals surface area contributed by atoms with Crippen LogP contribution in [0.25, 0.3) is 0 Å². The van der Waals surface area contributed by atoms with E-state index in [1.54, 1.807) is 0 Å². The number of likely N-dealkylation sites (tertiary alicyclic amines) is 1. The minimum Gasteiger partial charge on any atom is -0.393 e. The van der Waals surface area contributed by atoms with Crippen molar-refractivity contribution < 1.29 is 0 Å². The Bertz CT molecular complexity index is 259. The molecule has 0 unspecified atom stereocenters. The number of hydrogen-bond donors (Lipinski definition) is 1. The van der Waals surface area contributed by atoms with Crippen LogP contribution < -0.4 is 5.73 Å². The van der Waals surface area contributed by atoms with Crippen LogP contribution in [-0.2, 0) is 0 Å². The predicted molar refractivity (Wildman–Crippen MR) is 74.6 cm³/mol. The van der Waals surface area contributed by atoms with Crippen LogP contribution in [0.3, 0.4) is 0 Å². The highest BCUT2D eigenvalue weighted by molar-refractivity contribution is 7.80. The van der Waals surface area contributed by atoms with Crippen LogP contribution in [0.4, 0.5) is 0 Å². The molecule has 0 bridgehead atoms. The topological polar surface area (TPSA) is 29.3 Å². The second-order valence-electron chi connectivity index (χ2n) is 6.54. The van der Waals surface area contributed by atoms with Gasteiger partial charge in [0.15, 0.2) is 0 Å². The Morgan fingerprint density at radius 3 is 2.56 bits per heavy atom. The van der Waals surface area contributed by atoms with Gasteiger partial charge in [-0.3, -0.25) is 0 Å². The first-order chi connectivity index (χ1) is 7.23. The van der Waals surface area contributed by atoms with Crippen molar-refractivity contribution in [2.75, 3.05) is 19.6 Å². The number of piperidine rings is 1. The summed E-state index contributed by atoms with van der Waals surface area (Å²) < 4.78 is 0. The molecule has 2 N–H and O–H groups in total. The summed E-state index contributed by atoms with van der Waals surface area (Å²) in [7, 11) is 0. The summed E-state index contributed by atoms with van der Waals surface area (Å²) >= 11 is 5.10. The van der Waals surface area contributed by atoms with Gasteiger partial charge in [-0.15, -0.1) is 0 Å². The molecule has 0 radical (unpaired) electrons. The van der Waals surface area contributed by atoms with Crippen molar-refractivity contribution >= 4 is 17.2 Å². The summed E-state index contributed by atoms with van der Waals surface area (Å²) in [6.07, 6.45) is 3.74. The van der Waals surface area contributed by atoms with Crippen molar-refractivity contribution in [1.82, 2.24) is 4.90 Å². The van der Waals surface area contributed by atoms with Crippen LogP contribution in [0.15, 0.2) is 0 Å². The number of nitrogens with two attached hydrogens (primary N) is 1. The lowest BCUT2D eigenvalue weighted by molar-refractivity contribution is 0.110. The van der Waals surface area contributed by atoms with Crippen molar-refractivity contribution in [1.29, 1.82) is 0 Å². The fraction of sp³-hybridized carbons (Fsp3) is 0.923. The van der Waals surface area contributed by atoms with Crippen LogP contribution >= 0.6 is 12.2 Å². The minimum atomic E-state index is -0.00305. The van der Waals surface area contributed by atoms with E-state index in [1.165, 1.54) is 25.9 Å². The Hall–Kier alpha value is -0.150. The molecule has 0 amide bonds. The highest BCUT2D eigenvalue weighted by Crippen LogP contribution is 2.29. The van der Waals surface area contributed by atoms with E-state index in [4.69, 9.17) is 18.0 Å². The first-order valence-corrected chi connectivity index (χ1v) is 6.66. The monoisotopic (exact) mass is 242 g/mol.